The van der Waals surface area contributed by atoms with Crippen molar-refractivity contribution in [2.75, 3.05) is 24.0 Å². The molecule has 0 unspecified atom stereocenters. The summed E-state index contributed by atoms with van der Waals surface area (Å²) in [5.41, 5.74) is 2.73. The van der Waals surface area contributed by atoms with Crippen LogP contribution in [-0.4, -0.2) is 33.6 Å². The molecule has 0 fully saturated rings. The number of carbonyl (C=O) groups excluding carboxylic acids is 1. The minimum atomic E-state index is -0.166. The van der Waals surface area contributed by atoms with Crippen molar-refractivity contribution in [2.24, 2.45) is 0 Å². The molecule has 3 aromatic carbocycles. The van der Waals surface area contributed by atoms with Crippen LogP contribution in [0.15, 0.2) is 84.0 Å². The quantitative estimate of drug-likeness (QED) is 0.287. The van der Waals surface area contributed by atoms with Crippen LogP contribution in [0.1, 0.15) is 5.82 Å². The van der Waals surface area contributed by atoms with Gasteiger partial charge in [-0.25, -0.2) is 4.68 Å². The predicted octanol–water partition coefficient (Wildman–Crippen LogP) is 3.98. The summed E-state index contributed by atoms with van der Waals surface area (Å²) in [6.45, 7) is 0.133. The summed E-state index contributed by atoms with van der Waals surface area (Å²) >= 11 is 1.20. The van der Waals surface area contributed by atoms with Gasteiger partial charge >= 0.3 is 0 Å². The van der Waals surface area contributed by atoms with E-state index < -0.39 is 0 Å². The van der Waals surface area contributed by atoms with E-state index in [0.29, 0.717) is 22.5 Å². The number of anilines is 1. The fourth-order valence-electron chi connectivity index (χ4n) is 3.12. The smallest absolute Gasteiger partial charge is 0.234 e. The summed E-state index contributed by atoms with van der Waals surface area (Å²) in [5, 5.41) is 11.5. The van der Waals surface area contributed by atoms with E-state index in [-0.39, 0.29) is 18.3 Å². The van der Waals surface area contributed by atoms with Gasteiger partial charge in [0, 0.05) is 17.3 Å². The number of hydrogen-bond donors (Lipinski definition) is 2. The first-order valence-corrected chi connectivity index (χ1v) is 11.2. The van der Waals surface area contributed by atoms with E-state index in [0.717, 1.165) is 16.8 Å². The molecule has 0 bridgehead atoms. The molecule has 1 aromatic heterocycles. The van der Waals surface area contributed by atoms with Gasteiger partial charge in [0.05, 0.1) is 12.9 Å². The number of hydrogen-bond acceptors (Lipinski definition) is 7. The summed E-state index contributed by atoms with van der Waals surface area (Å²) in [4.78, 5) is 12.6. The molecule has 8 nitrogen and oxygen atoms in total. The van der Waals surface area contributed by atoms with Gasteiger partial charge in [0.25, 0.3) is 0 Å². The van der Waals surface area contributed by atoms with Crippen LogP contribution < -0.4 is 20.6 Å². The number of para-hydroxylation sites is 1. The molecule has 0 aliphatic carbocycles. The van der Waals surface area contributed by atoms with E-state index in [4.69, 9.17) is 15.3 Å². The predicted molar refractivity (Wildman–Crippen MR) is 129 cm³/mol. The van der Waals surface area contributed by atoms with E-state index in [2.05, 4.69) is 15.5 Å². The van der Waals surface area contributed by atoms with Crippen molar-refractivity contribution in [3.63, 3.8) is 0 Å². The van der Waals surface area contributed by atoms with E-state index in [1.165, 1.54) is 16.4 Å². The lowest BCUT2D eigenvalue weighted by molar-refractivity contribution is -0.113. The van der Waals surface area contributed by atoms with Crippen molar-refractivity contribution in [3.8, 4) is 22.6 Å². The summed E-state index contributed by atoms with van der Waals surface area (Å²) < 4.78 is 12.2. The maximum atomic E-state index is 12.6. The van der Waals surface area contributed by atoms with Gasteiger partial charge in [0.15, 0.2) is 5.82 Å². The Bertz CT molecular complexity index is 1230. The maximum Gasteiger partial charge on any atom is 0.234 e. The molecule has 4 rings (SSSR count). The van der Waals surface area contributed by atoms with E-state index in [1.807, 2.05) is 72.8 Å². The number of benzene rings is 3. The van der Waals surface area contributed by atoms with Crippen molar-refractivity contribution in [2.45, 2.75) is 11.8 Å². The number of aromatic nitrogens is 3. The first kappa shape index (κ1) is 22.2. The van der Waals surface area contributed by atoms with Crippen LogP contribution in [0.5, 0.6) is 11.5 Å². The van der Waals surface area contributed by atoms with Crippen LogP contribution in [0.4, 0.5) is 5.69 Å². The normalized spacial score (nSPS) is 10.6. The second-order valence-electron chi connectivity index (χ2n) is 6.98. The Labute approximate surface area is 195 Å². The highest BCUT2D eigenvalue weighted by molar-refractivity contribution is 7.99. The monoisotopic (exact) mass is 461 g/mol. The highest BCUT2D eigenvalue weighted by Crippen LogP contribution is 2.28. The fraction of sp³-hybridized carbons (Fsp3) is 0.125. The summed E-state index contributed by atoms with van der Waals surface area (Å²) in [7, 11) is 1.59. The van der Waals surface area contributed by atoms with Gasteiger partial charge in [-0.05, 0) is 23.8 Å². The average molecular weight is 462 g/mol. The van der Waals surface area contributed by atoms with Crippen LogP contribution in [0.3, 0.4) is 0 Å². The Morgan fingerprint density at radius 3 is 2.58 bits per heavy atom. The van der Waals surface area contributed by atoms with Gasteiger partial charge in [-0.2, -0.15) is 0 Å². The Morgan fingerprint density at radius 1 is 1.00 bits per heavy atom. The van der Waals surface area contributed by atoms with Crippen LogP contribution >= 0.6 is 11.8 Å². The van der Waals surface area contributed by atoms with Crippen molar-refractivity contribution in [3.05, 3.63) is 84.7 Å². The molecule has 0 aliphatic rings. The number of ether oxygens (including phenoxy) is 2. The summed E-state index contributed by atoms with van der Waals surface area (Å²) in [6, 6.07) is 24.8. The SMILES string of the molecule is COc1cccc(OCc2nnc(SCC(=O)Nc3ccccc3-c3ccccc3)n2N)c1. The van der Waals surface area contributed by atoms with Crippen molar-refractivity contribution < 1.29 is 14.3 Å². The third-order valence-electron chi connectivity index (χ3n) is 4.76. The first-order chi connectivity index (χ1) is 16.1. The van der Waals surface area contributed by atoms with E-state index in [9.17, 15) is 4.79 Å². The Balaban J connectivity index is 1.35. The van der Waals surface area contributed by atoms with Crippen molar-refractivity contribution >= 4 is 23.4 Å². The molecule has 0 aliphatic heterocycles. The topological polar surface area (TPSA) is 104 Å². The number of amides is 1. The molecule has 1 heterocycles. The van der Waals surface area contributed by atoms with Crippen molar-refractivity contribution in [1.82, 2.24) is 14.9 Å². The second kappa shape index (κ2) is 10.6. The molecule has 9 heteroatoms. The van der Waals surface area contributed by atoms with Crippen molar-refractivity contribution in [1.29, 1.82) is 0 Å². The molecule has 0 radical (unpaired) electrons. The number of nitrogens with two attached hydrogens (primary N) is 1. The molecule has 3 N–H and O–H groups in total. The van der Waals surface area contributed by atoms with Crippen LogP contribution in [0.2, 0.25) is 0 Å². The zero-order valence-electron chi connectivity index (χ0n) is 18.0. The zero-order valence-corrected chi connectivity index (χ0v) is 18.8. The minimum absolute atomic E-state index is 0.133. The Hall–Kier alpha value is -3.98. The standard InChI is InChI=1S/C24H23N5O3S/c1-31-18-10-7-11-19(14-18)32-15-22-27-28-24(29(22)25)33-16-23(30)26-21-13-6-5-12-20(21)17-8-3-2-4-9-17/h2-14H,15-16,25H2,1H3,(H,26,30). The van der Waals surface area contributed by atoms with E-state index >= 15 is 0 Å². The van der Waals surface area contributed by atoms with Gasteiger partial charge in [-0.1, -0.05) is 66.4 Å². The van der Waals surface area contributed by atoms with Crippen LogP contribution in [0, 0.1) is 0 Å². The van der Waals surface area contributed by atoms with E-state index in [1.54, 1.807) is 13.2 Å². The lowest BCUT2D eigenvalue weighted by Gasteiger charge is -2.11. The number of thioether (sulfide) groups is 1. The molecule has 168 valence electrons. The lowest BCUT2D eigenvalue weighted by Crippen LogP contribution is -2.18. The minimum Gasteiger partial charge on any atom is -0.497 e. The zero-order chi connectivity index (χ0) is 23.0. The maximum absolute atomic E-state index is 12.6. The fourth-order valence-corrected chi connectivity index (χ4v) is 3.80. The summed E-state index contributed by atoms with van der Waals surface area (Å²) in [6.07, 6.45) is 0. The Kier molecular flexibility index (Phi) is 7.11. The molecule has 1 amide bonds. The first-order valence-electron chi connectivity index (χ1n) is 10.2. The highest BCUT2D eigenvalue weighted by Gasteiger charge is 2.14. The highest BCUT2D eigenvalue weighted by atomic mass is 32.2. The molecule has 0 spiro atoms. The van der Waals surface area contributed by atoms with Crippen LogP contribution in [-0.2, 0) is 11.4 Å². The van der Waals surface area contributed by atoms with Gasteiger partial charge < -0.3 is 20.6 Å². The number of methoxy groups -OCH3 is 1. The van der Waals surface area contributed by atoms with Gasteiger partial charge in [0.2, 0.25) is 11.1 Å². The third-order valence-corrected chi connectivity index (χ3v) is 5.71. The number of nitrogens with zero attached hydrogens (tertiary/aromatic N) is 3. The number of nitrogens with one attached hydrogen (secondary N) is 1. The largest absolute Gasteiger partial charge is 0.497 e. The molecule has 0 atom stereocenters. The Morgan fingerprint density at radius 2 is 1.76 bits per heavy atom. The summed E-state index contributed by atoms with van der Waals surface area (Å²) in [5.74, 6) is 7.83. The number of rotatable bonds is 9. The van der Waals surface area contributed by atoms with Gasteiger partial charge in [0.1, 0.15) is 18.1 Å². The molecule has 4 aromatic rings. The van der Waals surface area contributed by atoms with Gasteiger partial charge in [-0.15, -0.1) is 10.2 Å². The number of nitrogen functional groups attached to an aromatic ring is 1. The molecular weight excluding hydrogens is 438 g/mol. The average Bonchev–Trinajstić information content (AvgIpc) is 3.21. The molecule has 33 heavy (non-hydrogen) atoms. The molecule has 0 saturated heterocycles. The van der Waals surface area contributed by atoms with Crippen LogP contribution in [0.25, 0.3) is 11.1 Å². The molecule has 0 saturated carbocycles. The van der Waals surface area contributed by atoms with Gasteiger partial charge in [-0.3, -0.25) is 4.79 Å². The lowest BCUT2D eigenvalue weighted by atomic mass is 10.0. The number of carbonyl (C=O) groups is 1. The third kappa shape index (κ3) is 5.64. The molecular formula is C24H23N5O3S. The second-order valence-corrected chi connectivity index (χ2v) is 7.93.